The highest BCUT2D eigenvalue weighted by atomic mass is 19.4. The minimum Gasteiger partial charge on any atom is -0.459 e. The molecular formula is C12H16F8O2. The van der Waals surface area contributed by atoms with Crippen molar-refractivity contribution in [2.24, 2.45) is 0 Å². The molecule has 0 unspecified atom stereocenters. The van der Waals surface area contributed by atoms with Gasteiger partial charge in [0, 0.05) is 6.42 Å². The maximum absolute atomic E-state index is 13.0. The molecule has 2 nitrogen and oxygen atoms in total. The quantitative estimate of drug-likeness (QED) is 0.327. The van der Waals surface area contributed by atoms with E-state index in [-0.39, 0.29) is 12.8 Å². The van der Waals surface area contributed by atoms with Crippen molar-refractivity contribution >= 4 is 5.97 Å². The Hall–Kier alpha value is -1.09. The van der Waals surface area contributed by atoms with Gasteiger partial charge >= 0.3 is 30.2 Å². The van der Waals surface area contributed by atoms with Crippen molar-refractivity contribution < 1.29 is 44.7 Å². The van der Waals surface area contributed by atoms with E-state index in [9.17, 15) is 39.9 Å². The van der Waals surface area contributed by atoms with E-state index in [0.717, 1.165) is 12.8 Å². The van der Waals surface area contributed by atoms with Crippen LogP contribution in [0.5, 0.6) is 0 Å². The second kappa shape index (κ2) is 7.96. The molecule has 0 heterocycles. The van der Waals surface area contributed by atoms with Crippen LogP contribution >= 0.6 is 0 Å². The molecule has 0 N–H and O–H groups in total. The lowest BCUT2D eigenvalue weighted by molar-refractivity contribution is -0.344. The van der Waals surface area contributed by atoms with Crippen LogP contribution < -0.4 is 0 Å². The molecule has 0 fully saturated rings. The molecule has 0 bridgehead atoms. The van der Waals surface area contributed by atoms with Gasteiger partial charge in [-0.3, -0.25) is 4.79 Å². The Morgan fingerprint density at radius 2 is 1.55 bits per heavy atom. The molecule has 0 radical (unpaired) electrons. The summed E-state index contributed by atoms with van der Waals surface area (Å²) in [5, 5.41) is 0. The summed E-state index contributed by atoms with van der Waals surface area (Å²) >= 11 is 0. The standard InChI is InChI=1S/C12H16F8O2/c1-2-3-4-5-6-8(21)22-7-10(15,16)12(19,20)11(17,18)9(13)14/h9H,2-7H2,1H3. The van der Waals surface area contributed by atoms with Gasteiger partial charge in [-0.1, -0.05) is 26.2 Å². The van der Waals surface area contributed by atoms with Crippen LogP contribution in [0.25, 0.3) is 0 Å². The molecule has 0 spiro atoms. The van der Waals surface area contributed by atoms with Crippen LogP contribution in [0.1, 0.15) is 39.0 Å². The summed E-state index contributed by atoms with van der Waals surface area (Å²) in [6.45, 7) is -0.529. The van der Waals surface area contributed by atoms with Crippen molar-refractivity contribution in [1.82, 2.24) is 0 Å². The summed E-state index contributed by atoms with van der Waals surface area (Å²) in [5.74, 6) is -19.5. The smallest absolute Gasteiger partial charge is 0.381 e. The van der Waals surface area contributed by atoms with Crippen LogP contribution in [0.2, 0.25) is 0 Å². The topological polar surface area (TPSA) is 26.3 Å². The molecule has 0 aliphatic rings. The fourth-order valence-electron chi connectivity index (χ4n) is 1.41. The van der Waals surface area contributed by atoms with Crippen molar-refractivity contribution in [2.45, 2.75) is 63.2 Å². The molecule has 22 heavy (non-hydrogen) atoms. The van der Waals surface area contributed by atoms with Crippen LogP contribution in [0.4, 0.5) is 35.1 Å². The molecule has 0 aromatic rings. The van der Waals surface area contributed by atoms with Gasteiger partial charge in [-0.05, 0) is 6.42 Å². The predicted molar refractivity (Wildman–Crippen MR) is 60.6 cm³/mol. The number of alkyl halides is 8. The van der Waals surface area contributed by atoms with Gasteiger partial charge in [-0.2, -0.15) is 26.3 Å². The summed E-state index contributed by atoms with van der Waals surface area (Å²) in [7, 11) is 0. The summed E-state index contributed by atoms with van der Waals surface area (Å²) in [4.78, 5) is 11.0. The van der Waals surface area contributed by atoms with Gasteiger partial charge in [0.25, 0.3) is 0 Å². The zero-order chi connectivity index (χ0) is 17.6. The number of ether oxygens (including phenoxy) is 1. The Morgan fingerprint density at radius 3 is 2.00 bits per heavy atom. The van der Waals surface area contributed by atoms with Gasteiger partial charge in [0.05, 0.1) is 0 Å². The maximum Gasteiger partial charge on any atom is 0.381 e. The Balaban J connectivity index is 4.59. The molecule has 0 saturated heterocycles. The van der Waals surface area contributed by atoms with Crippen molar-refractivity contribution in [3.63, 3.8) is 0 Å². The van der Waals surface area contributed by atoms with Gasteiger partial charge in [0.15, 0.2) is 6.61 Å². The Morgan fingerprint density at radius 1 is 1.00 bits per heavy atom. The Bertz CT molecular complexity index is 357. The first-order valence-corrected chi connectivity index (χ1v) is 6.47. The van der Waals surface area contributed by atoms with E-state index in [2.05, 4.69) is 4.74 Å². The number of carbonyl (C=O) groups excluding carboxylic acids is 1. The molecule has 0 atom stereocenters. The maximum atomic E-state index is 13.0. The van der Waals surface area contributed by atoms with Crippen molar-refractivity contribution in [3.05, 3.63) is 0 Å². The number of carbonyl (C=O) groups is 1. The molecule has 0 saturated carbocycles. The Labute approximate surface area is 121 Å². The average molecular weight is 344 g/mol. The molecule has 132 valence electrons. The van der Waals surface area contributed by atoms with Crippen LogP contribution in [-0.2, 0) is 9.53 Å². The first-order chi connectivity index (χ1) is 9.90. The van der Waals surface area contributed by atoms with Crippen LogP contribution in [0.3, 0.4) is 0 Å². The number of rotatable bonds is 10. The number of unbranched alkanes of at least 4 members (excludes halogenated alkanes) is 3. The normalized spacial score (nSPS) is 13.5. The summed E-state index contributed by atoms with van der Waals surface area (Å²) in [5.41, 5.74) is 0. The highest BCUT2D eigenvalue weighted by molar-refractivity contribution is 5.69. The van der Waals surface area contributed by atoms with Gasteiger partial charge in [-0.15, -0.1) is 0 Å². The molecule has 0 aliphatic carbocycles. The first kappa shape index (κ1) is 20.9. The zero-order valence-corrected chi connectivity index (χ0v) is 11.7. The number of halogens is 8. The fraction of sp³-hybridized carbons (Fsp3) is 0.917. The molecule has 0 rings (SSSR count). The van der Waals surface area contributed by atoms with Crippen molar-refractivity contribution in [2.75, 3.05) is 6.61 Å². The minimum absolute atomic E-state index is 0.252. The van der Waals surface area contributed by atoms with Crippen LogP contribution in [0.15, 0.2) is 0 Å². The number of hydrogen-bond donors (Lipinski definition) is 0. The zero-order valence-electron chi connectivity index (χ0n) is 11.7. The lowest BCUT2D eigenvalue weighted by atomic mass is 10.1. The number of hydrogen-bond acceptors (Lipinski definition) is 2. The molecule has 0 aromatic carbocycles. The first-order valence-electron chi connectivity index (χ1n) is 6.47. The lowest BCUT2D eigenvalue weighted by Crippen LogP contribution is -2.59. The summed E-state index contributed by atoms with van der Waals surface area (Å²) < 4.78 is 104. The predicted octanol–water partition coefficient (Wildman–Crippen LogP) is 4.67. The third kappa shape index (κ3) is 4.98. The second-order valence-electron chi connectivity index (χ2n) is 4.67. The fourth-order valence-corrected chi connectivity index (χ4v) is 1.41. The van der Waals surface area contributed by atoms with E-state index in [4.69, 9.17) is 0 Å². The lowest BCUT2D eigenvalue weighted by Gasteiger charge is -2.31. The third-order valence-corrected chi connectivity index (χ3v) is 2.80. The van der Waals surface area contributed by atoms with Gasteiger partial charge in [0.2, 0.25) is 0 Å². The number of esters is 1. The average Bonchev–Trinajstić information content (AvgIpc) is 2.40. The monoisotopic (exact) mass is 344 g/mol. The summed E-state index contributed by atoms with van der Waals surface area (Å²) in [6.07, 6.45) is -2.95. The highest BCUT2D eigenvalue weighted by Gasteiger charge is 2.75. The van der Waals surface area contributed by atoms with Gasteiger partial charge in [-0.25, -0.2) is 8.78 Å². The van der Waals surface area contributed by atoms with E-state index >= 15 is 0 Å². The highest BCUT2D eigenvalue weighted by Crippen LogP contribution is 2.48. The largest absolute Gasteiger partial charge is 0.459 e. The SMILES string of the molecule is CCCCCCC(=O)OCC(F)(F)C(F)(F)C(F)(F)C(F)F. The van der Waals surface area contributed by atoms with E-state index in [1.54, 1.807) is 0 Å². The van der Waals surface area contributed by atoms with E-state index in [0.29, 0.717) is 6.42 Å². The minimum atomic E-state index is -6.35. The van der Waals surface area contributed by atoms with Crippen molar-refractivity contribution in [3.8, 4) is 0 Å². The molecule has 0 amide bonds. The van der Waals surface area contributed by atoms with Crippen molar-refractivity contribution in [1.29, 1.82) is 0 Å². The molecule has 0 aliphatic heterocycles. The van der Waals surface area contributed by atoms with Gasteiger partial charge < -0.3 is 4.74 Å². The van der Waals surface area contributed by atoms with Gasteiger partial charge in [0.1, 0.15) is 0 Å². The molecule has 0 aromatic heterocycles. The summed E-state index contributed by atoms with van der Waals surface area (Å²) in [6, 6.07) is 0. The molecular weight excluding hydrogens is 328 g/mol. The Kier molecular flexibility index (Phi) is 7.56. The third-order valence-electron chi connectivity index (χ3n) is 2.80. The van der Waals surface area contributed by atoms with E-state index in [1.165, 1.54) is 0 Å². The van der Waals surface area contributed by atoms with E-state index in [1.807, 2.05) is 6.92 Å². The molecule has 10 heteroatoms. The van der Waals surface area contributed by atoms with Crippen LogP contribution in [-0.4, -0.2) is 36.8 Å². The second-order valence-corrected chi connectivity index (χ2v) is 4.67. The van der Waals surface area contributed by atoms with Crippen LogP contribution in [0, 0.1) is 0 Å². The van der Waals surface area contributed by atoms with E-state index < -0.39 is 36.8 Å².